The Morgan fingerprint density at radius 1 is 1.29 bits per heavy atom. The van der Waals surface area contributed by atoms with Crippen molar-refractivity contribution < 1.29 is 4.42 Å². The quantitative estimate of drug-likeness (QED) is 0.667. The summed E-state index contributed by atoms with van der Waals surface area (Å²) in [4.78, 5) is 2.58. The number of halogens is 1. The summed E-state index contributed by atoms with van der Waals surface area (Å²) in [5.41, 5.74) is 0.769. The molecule has 0 amide bonds. The fraction of sp³-hybridized carbons (Fsp3) is 0.294. The van der Waals surface area contributed by atoms with Crippen LogP contribution in [0.3, 0.4) is 0 Å². The lowest BCUT2D eigenvalue weighted by Gasteiger charge is -2.14. The molecule has 3 rings (SSSR count). The Bertz CT molecular complexity index is 746. The summed E-state index contributed by atoms with van der Waals surface area (Å²) >= 11 is 8.02. The van der Waals surface area contributed by atoms with Gasteiger partial charge in [0.1, 0.15) is 11.8 Å². The number of aryl methyl sites for hydroxylation is 1. The molecule has 1 N–H and O–H groups in total. The first-order valence-electron chi connectivity index (χ1n) is 7.16. The summed E-state index contributed by atoms with van der Waals surface area (Å²) in [5.74, 6) is 0.924. The Balaban J connectivity index is 2.03. The van der Waals surface area contributed by atoms with Crippen molar-refractivity contribution in [2.24, 2.45) is 0 Å². The maximum atomic E-state index is 6.22. The molecule has 4 heteroatoms. The normalized spacial score (nSPS) is 12.9. The maximum Gasteiger partial charge on any atom is 0.152 e. The third-order valence-corrected chi connectivity index (χ3v) is 4.81. The summed E-state index contributed by atoms with van der Waals surface area (Å²) < 4.78 is 6.03. The van der Waals surface area contributed by atoms with Gasteiger partial charge in [-0.15, -0.1) is 11.3 Å². The van der Waals surface area contributed by atoms with Crippen LogP contribution in [-0.2, 0) is 0 Å². The van der Waals surface area contributed by atoms with E-state index in [-0.39, 0.29) is 6.04 Å². The summed E-state index contributed by atoms with van der Waals surface area (Å²) in [6.07, 6.45) is 1.09. The highest BCUT2D eigenvalue weighted by atomic mass is 35.5. The molecule has 3 aromatic rings. The van der Waals surface area contributed by atoms with Gasteiger partial charge in [0.15, 0.2) is 5.58 Å². The van der Waals surface area contributed by atoms with Crippen molar-refractivity contribution in [3.8, 4) is 0 Å². The molecule has 110 valence electrons. The van der Waals surface area contributed by atoms with Crippen LogP contribution in [0.1, 0.15) is 34.9 Å². The molecule has 21 heavy (non-hydrogen) atoms. The van der Waals surface area contributed by atoms with Gasteiger partial charge in [0.05, 0.1) is 5.02 Å². The van der Waals surface area contributed by atoms with E-state index >= 15 is 0 Å². The number of hydrogen-bond acceptors (Lipinski definition) is 3. The largest absolute Gasteiger partial charge is 0.457 e. The van der Waals surface area contributed by atoms with E-state index < -0.39 is 0 Å². The van der Waals surface area contributed by atoms with E-state index in [1.165, 1.54) is 9.75 Å². The first-order chi connectivity index (χ1) is 10.2. The zero-order valence-electron chi connectivity index (χ0n) is 12.2. The molecule has 1 atom stereocenters. The number of para-hydroxylation sites is 1. The maximum absolute atomic E-state index is 6.22. The van der Waals surface area contributed by atoms with Crippen molar-refractivity contribution in [1.29, 1.82) is 0 Å². The van der Waals surface area contributed by atoms with Gasteiger partial charge in [-0.3, -0.25) is 0 Å². The molecular weight excluding hydrogens is 302 g/mol. The molecule has 0 spiro atoms. The number of hydrogen-bond donors (Lipinski definition) is 1. The van der Waals surface area contributed by atoms with E-state index in [1.807, 2.05) is 18.2 Å². The smallest absolute Gasteiger partial charge is 0.152 e. The van der Waals surface area contributed by atoms with Crippen molar-refractivity contribution in [2.45, 2.75) is 26.3 Å². The Morgan fingerprint density at radius 3 is 2.81 bits per heavy atom. The molecule has 2 nitrogen and oxygen atoms in total. The minimum absolute atomic E-state index is 0.0899. The molecule has 0 bridgehead atoms. The molecule has 1 aromatic carbocycles. The SMILES string of the molecule is CCCNC(c1cc2cccc(Cl)c2o1)c1ccc(C)s1. The molecule has 0 aliphatic heterocycles. The number of benzene rings is 1. The van der Waals surface area contributed by atoms with Gasteiger partial charge >= 0.3 is 0 Å². The summed E-state index contributed by atoms with van der Waals surface area (Å²) in [7, 11) is 0. The minimum Gasteiger partial charge on any atom is -0.457 e. The number of furan rings is 1. The Hall–Kier alpha value is -1.29. The molecule has 0 saturated heterocycles. The first-order valence-corrected chi connectivity index (χ1v) is 8.36. The average molecular weight is 320 g/mol. The fourth-order valence-corrected chi connectivity index (χ4v) is 3.61. The Labute approximate surface area is 133 Å². The van der Waals surface area contributed by atoms with Crippen LogP contribution in [0.25, 0.3) is 11.0 Å². The number of thiophene rings is 1. The third kappa shape index (κ3) is 3.00. The van der Waals surface area contributed by atoms with E-state index in [2.05, 4.69) is 37.4 Å². The molecule has 2 aromatic heterocycles. The molecule has 0 saturated carbocycles. The van der Waals surface area contributed by atoms with Gasteiger partial charge in [-0.1, -0.05) is 30.7 Å². The van der Waals surface area contributed by atoms with Crippen LogP contribution < -0.4 is 5.32 Å². The van der Waals surface area contributed by atoms with Crippen molar-refractivity contribution in [3.05, 3.63) is 56.9 Å². The van der Waals surface area contributed by atoms with Gasteiger partial charge in [0, 0.05) is 15.1 Å². The molecule has 1 unspecified atom stereocenters. The van der Waals surface area contributed by atoms with Crippen LogP contribution in [0.15, 0.2) is 40.8 Å². The molecule has 0 radical (unpaired) electrons. The van der Waals surface area contributed by atoms with Crippen LogP contribution in [-0.4, -0.2) is 6.54 Å². The first kappa shape index (κ1) is 14.6. The summed E-state index contributed by atoms with van der Waals surface area (Å²) in [5, 5.41) is 5.28. The third-order valence-electron chi connectivity index (χ3n) is 3.44. The fourth-order valence-electron chi connectivity index (χ4n) is 2.43. The number of nitrogens with one attached hydrogen (secondary N) is 1. The zero-order valence-corrected chi connectivity index (χ0v) is 13.7. The predicted molar refractivity (Wildman–Crippen MR) is 90.4 cm³/mol. The molecule has 2 heterocycles. The van der Waals surface area contributed by atoms with Gasteiger partial charge in [0.2, 0.25) is 0 Å². The van der Waals surface area contributed by atoms with E-state index in [0.717, 1.165) is 29.7 Å². The standard InChI is InChI=1S/C17H18ClNOS/c1-3-9-19-16(15-8-7-11(2)21-15)14-10-12-5-4-6-13(18)17(12)20-14/h4-8,10,16,19H,3,9H2,1-2H3. The number of rotatable bonds is 5. The van der Waals surface area contributed by atoms with Gasteiger partial charge < -0.3 is 9.73 Å². The topological polar surface area (TPSA) is 25.2 Å². The summed E-state index contributed by atoms with van der Waals surface area (Å²) in [6, 6.07) is 12.3. The van der Waals surface area contributed by atoms with Crippen LogP contribution in [0.2, 0.25) is 5.02 Å². The van der Waals surface area contributed by atoms with E-state index in [0.29, 0.717) is 5.02 Å². The van der Waals surface area contributed by atoms with Gasteiger partial charge in [-0.05, 0) is 44.2 Å². The average Bonchev–Trinajstić information content (AvgIpc) is 3.07. The molecular formula is C17H18ClNOS. The number of fused-ring (bicyclic) bond motifs is 1. The predicted octanol–water partition coefficient (Wildman–Crippen LogP) is 5.55. The zero-order chi connectivity index (χ0) is 14.8. The highest BCUT2D eigenvalue weighted by Gasteiger charge is 2.20. The van der Waals surface area contributed by atoms with Crippen molar-refractivity contribution in [1.82, 2.24) is 5.32 Å². The molecule has 0 fully saturated rings. The second-order valence-corrected chi connectivity index (χ2v) is 6.87. The Morgan fingerprint density at radius 2 is 2.14 bits per heavy atom. The monoisotopic (exact) mass is 319 g/mol. The van der Waals surface area contributed by atoms with Crippen molar-refractivity contribution in [2.75, 3.05) is 6.54 Å². The minimum atomic E-state index is 0.0899. The highest BCUT2D eigenvalue weighted by molar-refractivity contribution is 7.12. The van der Waals surface area contributed by atoms with Crippen LogP contribution >= 0.6 is 22.9 Å². The van der Waals surface area contributed by atoms with Crippen LogP contribution in [0.5, 0.6) is 0 Å². The van der Waals surface area contributed by atoms with Crippen LogP contribution in [0.4, 0.5) is 0 Å². The lowest BCUT2D eigenvalue weighted by atomic mass is 10.1. The lowest BCUT2D eigenvalue weighted by molar-refractivity contribution is 0.473. The van der Waals surface area contributed by atoms with Crippen molar-refractivity contribution >= 4 is 33.9 Å². The van der Waals surface area contributed by atoms with E-state index in [1.54, 1.807) is 11.3 Å². The highest BCUT2D eigenvalue weighted by Crippen LogP contribution is 2.34. The second kappa shape index (κ2) is 6.22. The van der Waals surface area contributed by atoms with Crippen molar-refractivity contribution in [3.63, 3.8) is 0 Å². The summed E-state index contributed by atoms with van der Waals surface area (Å²) in [6.45, 7) is 5.24. The van der Waals surface area contributed by atoms with Gasteiger partial charge in [-0.2, -0.15) is 0 Å². The lowest BCUT2D eigenvalue weighted by Crippen LogP contribution is -2.21. The Kier molecular flexibility index (Phi) is 4.34. The molecule has 0 aliphatic rings. The second-order valence-electron chi connectivity index (χ2n) is 5.14. The van der Waals surface area contributed by atoms with Gasteiger partial charge in [-0.25, -0.2) is 0 Å². The van der Waals surface area contributed by atoms with Gasteiger partial charge in [0.25, 0.3) is 0 Å². The molecule has 0 aliphatic carbocycles. The van der Waals surface area contributed by atoms with E-state index in [4.69, 9.17) is 16.0 Å². The van der Waals surface area contributed by atoms with Crippen LogP contribution in [0, 0.1) is 6.92 Å². The van der Waals surface area contributed by atoms with E-state index in [9.17, 15) is 0 Å².